The van der Waals surface area contributed by atoms with Gasteiger partial charge in [0.2, 0.25) is 5.91 Å². The Morgan fingerprint density at radius 3 is 2.77 bits per heavy atom. The number of aromatic nitrogens is 2. The zero-order valence-electron chi connectivity index (χ0n) is 17.4. The standard InChI is InChI=1S/C23H24ClN5O2/c1-15-26-13-20-21(9-10-29(23(20)27-15)14-22(30)25-2)28-17-6-4-8-19(12-17)31-18-7-3-5-16(24)11-18/h3-8,11-13,21,28H,9-10,14H2,1-2H3,(H,25,30). The monoisotopic (exact) mass is 437 g/mol. The van der Waals surface area contributed by atoms with E-state index in [9.17, 15) is 4.79 Å². The van der Waals surface area contributed by atoms with Crippen molar-refractivity contribution >= 4 is 29.0 Å². The Labute approximate surface area is 186 Å². The minimum atomic E-state index is -0.0421. The number of ether oxygens (including phenoxy) is 1. The molecule has 0 spiro atoms. The molecule has 160 valence electrons. The highest BCUT2D eigenvalue weighted by molar-refractivity contribution is 6.30. The van der Waals surface area contributed by atoms with Crippen molar-refractivity contribution in [1.29, 1.82) is 0 Å². The van der Waals surface area contributed by atoms with Crippen molar-refractivity contribution < 1.29 is 9.53 Å². The molecule has 1 unspecified atom stereocenters. The predicted octanol–water partition coefficient (Wildman–Crippen LogP) is 4.34. The minimum Gasteiger partial charge on any atom is -0.457 e. The topological polar surface area (TPSA) is 79.4 Å². The van der Waals surface area contributed by atoms with E-state index in [1.807, 2.05) is 60.5 Å². The van der Waals surface area contributed by atoms with Gasteiger partial charge in [-0.3, -0.25) is 4.79 Å². The number of nitrogens with one attached hydrogen (secondary N) is 2. The van der Waals surface area contributed by atoms with E-state index in [2.05, 4.69) is 20.6 Å². The number of anilines is 2. The largest absolute Gasteiger partial charge is 0.457 e. The summed E-state index contributed by atoms with van der Waals surface area (Å²) in [4.78, 5) is 22.9. The fourth-order valence-corrected chi connectivity index (χ4v) is 3.77. The van der Waals surface area contributed by atoms with Gasteiger partial charge in [0.15, 0.2) is 0 Å². The summed E-state index contributed by atoms with van der Waals surface area (Å²) in [5.41, 5.74) is 1.90. The third kappa shape index (κ3) is 5.06. The van der Waals surface area contributed by atoms with Crippen molar-refractivity contribution in [2.75, 3.05) is 30.4 Å². The Kier molecular flexibility index (Phi) is 6.23. The van der Waals surface area contributed by atoms with Crippen LogP contribution in [0.25, 0.3) is 0 Å². The summed E-state index contributed by atoms with van der Waals surface area (Å²) in [6, 6.07) is 15.1. The Morgan fingerprint density at radius 1 is 1.23 bits per heavy atom. The van der Waals surface area contributed by atoms with E-state index in [0.717, 1.165) is 23.5 Å². The molecule has 1 amide bonds. The van der Waals surface area contributed by atoms with Crippen LogP contribution in [-0.2, 0) is 4.79 Å². The van der Waals surface area contributed by atoms with E-state index in [4.69, 9.17) is 16.3 Å². The van der Waals surface area contributed by atoms with Crippen molar-refractivity contribution in [2.45, 2.75) is 19.4 Å². The SMILES string of the molecule is CNC(=O)CN1CCC(Nc2cccc(Oc3cccc(Cl)c3)c2)c2cnc(C)nc21. The molecule has 1 aliphatic rings. The van der Waals surface area contributed by atoms with Gasteiger partial charge in [-0.1, -0.05) is 23.7 Å². The number of rotatable bonds is 6. The lowest BCUT2D eigenvalue weighted by atomic mass is 10.0. The van der Waals surface area contributed by atoms with Crippen LogP contribution in [-0.4, -0.2) is 36.0 Å². The quantitative estimate of drug-likeness (QED) is 0.597. The summed E-state index contributed by atoms with van der Waals surface area (Å²) >= 11 is 6.05. The van der Waals surface area contributed by atoms with Gasteiger partial charge in [-0.2, -0.15) is 0 Å². The van der Waals surface area contributed by atoms with Gasteiger partial charge in [0.05, 0.1) is 12.6 Å². The number of amides is 1. The average molecular weight is 438 g/mol. The number of fused-ring (bicyclic) bond motifs is 1. The Hall–Kier alpha value is -3.32. The molecule has 0 bridgehead atoms. The molecular formula is C23H24ClN5O2. The van der Waals surface area contributed by atoms with Gasteiger partial charge in [-0.05, 0) is 43.7 Å². The number of hydrogen-bond acceptors (Lipinski definition) is 6. The van der Waals surface area contributed by atoms with Gasteiger partial charge in [0.25, 0.3) is 0 Å². The van der Waals surface area contributed by atoms with Gasteiger partial charge in [-0.25, -0.2) is 9.97 Å². The number of nitrogens with zero attached hydrogens (tertiary/aromatic N) is 3. The number of carbonyl (C=O) groups is 1. The van der Waals surface area contributed by atoms with Gasteiger partial charge in [-0.15, -0.1) is 0 Å². The van der Waals surface area contributed by atoms with E-state index >= 15 is 0 Å². The Balaban J connectivity index is 1.54. The van der Waals surface area contributed by atoms with E-state index in [0.29, 0.717) is 28.9 Å². The number of likely N-dealkylation sites (N-methyl/N-ethyl adjacent to an activating group) is 1. The molecule has 0 aliphatic carbocycles. The van der Waals surface area contributed by atoms with Crippen molar-refractivity contribution in [3.8, 4) is 11.5 Å². The zero-order chi connectivity index (χ0) is 21.8. The lowest BCUT2D eigenvalue weighted by Crippen LogP contribution is -2.41. The maximum atomic E-state index is 11.9. The van der Waals surface area contributed by atoms with Gasteiger partial charge >= 0.3 is 0 Å². The number of aryl methyl sites for hydroxylation is 1. The number of benzene rings is 2. The molecule has 2 N–H and O–H groups in total. The molecule has 0 saturated heterocycles. The van der Waals surface area contributed by atoms with Crippen molar-refractivity contribution in [3.05, 3.63) is 71.1 Å². The summed E-state index contributed by atoms with van der Waals surface area (Å²) in [5, 5.41) is 6.87. The highest BCUT2D eigenvalue weighted by Gasteiger charge is 2.28. The lowest BCUT2D eigenvalue weighted by Gasteiger charge is -2.34. The summed E-state index contributed by atoms with van der Waals surface area (Å²) < 4.78 is 5.95. The van der Waals surface area contributed by atoms with Crippen LogP contribution < -0.4 is 20.3 Å². The van der Waals surface area contributed by atoms with E-state index in [1.54, 1.807) is 13.1 Å². The molecule has 1 aromatic heterocycles. The van der Waals surface area contributed by atoms with Gasteiger partial charge in [0.1, 0.15) is 23.1 Å². The molecule has 2 aromatic carbocycles. The highest BCUT2D eigenvalue weighted by atomic mass is 35.5. The summed E-state index contributed by atoms with van der Waals surface area (Å²) in [6.45, 7) is 2.84. The second-order valence-corrected chi connectivity index (χ2v) is 7.80. The first-order valence-electron chi connectivity index (χ1n) is 10.1. The zero-order valence-corrected chi connectivity index (χ0v) is 18.2. The summed E-state index contributed by atoms with van der Waals surface area (Å²) in [7, 11) is 1.64. The normalized spacial score (nSPS) is 15.2. The van der Waals surface area contributed by atoms with Crippen LogP contribution in [0, 0.1) is 6.92 Å². The number of halogens is 1. The minimum absolute atomic E-state index is 0.0259. The first kappa shape index (κ1) is 20.9. The maximum Gasteiger partial charge on any atom is 0.239 e. The summed E-state index contributed by atoms with van der Waals surface area (Å²) in [5.74, 6) is 2.83. The molecule has 0 radical (unpaired) electrons. The number of carbonyl (C=O) groups excluding carboxylic acids is 1. The second-order valence-electron chi connectivity index (χ2n) is 7.36. The van der Waals surface area contributed by atoms with Gasteiger partial charge in [0, 0.05) is 42.1 Å². The van der Waals surface area contributed by atoms with Crippen LogP contribution in [0.3, 0.4) is 0 Å². The van der Waals surface area contributed by atoms with E-state index < -0.39 is 0 Å². The maximum absolute atomic E-state index is 11.9. The molecule has 1 aliphatic heterocycles. The van der Waals surface area contributed by atoms with Crippen LogP contribution in [0.15, 0.2) is 54.7 Å². The molecule has 0 saturated carbocycles. The van der Waals surface area contributed by atoms with E-state index in [-0.39, 0.29) is 18.5 Å². The van der Waals surface area contributed by atoms with Gasteiger partial charge < -0.3 is 20.3 Å². The van der Waals surface area contributed by atoms with Crippen molar-refractivity contribution in [2.24, 2.45) is 0 Å². The molecule has 7 nitrogen and oxygen atoms in total. The average Bonchev–Trinajstić information content (AvgIpc) is 2.75. The molecule has 31 heavy (non-hydrogen) atoms. The fourth-order valence-electron chi connectivity index (χ4n) is 3.59. The Bertz CT molecular complexity index is 1090. The van der Waals surface area contributed by atoms with Crippen LogP contribution in [0.1, 0.15) is 23.9 Å². The van der Waals surface area contributed by atoms with E-state index in [1.165, 1.54) is 0 Å². The van der Waals surface area contributed by atoms with Crippen LogP contribution >= 0.6 is 11.6 Å². The third-order valence-electron chi connectivity index (χ3n) is 5.10. The van der Waals surface area contributed by atoms with Crippen LogP contribution in [0.5, 0.6) is 11.5 Å². The lowest BCUT2D eigenvalue weighted by molar-refractivity contribution is -0.119. The first-order chi connectivity index (χ1) is 15.0. The molecule has 8 heteroatoms. The smallest absolute Gasteiger partial charge is 0.239 e. The summed E-state index contributed by atoms with van der Waals surface area (Å²) in [6.07, 6.45) is 2.66. The molecule has 2 heterocycles. The predicted molar refractivity (Wildman–Crippen MR) is 122 cm³/mol. The molecule has 1 atom stereocenters. The first-order valence-corrected chi connectivity index (χ1v) is 10.5. The fraction of sp³-hybridized carbons (Fsp3) is 0.261. The molecule has 0 fully saturated rings. The highest BCUT2D eigenvalue weighted by Crippen LogP contribution is 2.35. The molecular weight excluding hydrogens is 414 g/mol. The number of hydrogen-bond donors (Lipinski definition) is 2. The Morgan fingerprint density at radius 2 is 2.00 bits per heavy atom. The van der Waals surface area contributed by atoms with Crippen LogP contribution in [0.4, 0.5) is 11.5 Å². The third-order valence-corrected chi connectivity index (χ3v) is 5.33. The second kappa shape index (κ2) is 9.22. The molecule has 4 rings (SSSR count). The molecule has 3 aromatic rings. The van der Waals surface area contributed by atoms with Crippen molar-refractivity contribution in [1.82, 2.24) is 15.3 Å². The van der Waals surface area contributed by atoms with Crippen LogP contribution in [0.2, 0.25) is 5.02 Å². The van der Waals surface area contributed by atoms with Crippen molar-refractivity contribution in [3.63, 3.8) is 0 Å².